The highest BCUT2D eigenvalue weighted by atomic mass is 16.5. The molecule has 1 aliphatic heterocycles. The number of esters is 1. The first-order valence-corrected chi connectivity index (χ1v) is 3.52. The quantitative estimate of drug-likeness (QED) is 0.414. The molecule has 1 aliphatic rings. The molecule has 0 radical (unpaired) electrons. The number of hydrogen-bond acceptors (Lipinski definition) is 3. The predicted octanol–water partition coefficient (Wildman–Crippen LogP) is -0.459. The molecule has 0 aromatic heterocycles. The van der Waals surface area contributed by atoms with Gasteiger partial charge in [-0.05, 0) is 5.92 Å². The van der Waals surface area contributed by atoms with Crippen LogP contribution < -0.4 is 5.32 Å². The number of rotatable bonds is 1. The second-order valence-electron chi connectivity index (χ2n) is 2.72. The number of carbonyl (C=O) groups is 2. The predicted molar refractivity (Wildman–Crippen MR) is 37.7 cm³/mol. The van der Waals surface area contributed by atoms with E-state index in [0.29, 0.717) is 6.54 Å². The third-order valence-electron chi connectivity index (χ3n) is 1.90. The molecule has 1 rings (SSSR count). The highest BCUT2D eigenvalue weighted by Gasteiger charge is 2.38. The van der Waals surface area contributed by atoms with Gasteiger partial charge >= 0.3 is 5.97 Å². The van der Waals surface area contributed by atoms with Crippen LogP contribution >= 0.6 is 0 Å². The first-order chi connectivity index (χ1) is 5.16. The molecular formula is C7H11NO3. The maximum atomic E-state index is 11.0. The Hall–Kier alpha value is -1.06. The number of carbonyl (C=O) groups excluding carboxylic acids is 2. The Bertz CT molecular complexity index is 190. The summed E-state index contributed by atoms with van der Waals surface area (Å²) in [4.78, 5) is 21.9. The largest absolute Gasteiger partial charge is 0.468 e. The van der Waals surface area contributed by atoms with Crippen LogP contribution in [0.15, 0.2) is 0 Å². The van der Waals surface area contributed by atoms with Gasteiger partial charge in [0.1, 0.15) is 5.92 Å². The zero-order chi connectivity index (χ0) is 8.43. The van der Waals surface area contributed by atoms with Crippen LogP contribution in [0.5, 0.6) is 0 Å². The summed E-state index contributed by atoms with van der Waals surface area (Å²) in [6.45, 7) is 2.41. The Morgan fingerprint density at radius 3 is 2.73 bits per heavy atom. The SMILES string of the molecule is COC(=O)[C@H]1C(=O)NC[C@@H]1C. The van der Waals surface area contributed by atoms with Crippen molar-refractivity contribution in [3.8, 4) is 0 Å². The van der Waals surface area contributed by atoms with Gasteiger partial charge in [-0.15, -0.1) is 0 Å². The summed E-state index contributed by atoms with van der Waals surface area (Å²) >= 11 is 0. The minimum Gasteiger partial charge on any atom is -0.468 e. The van der Waals surface area contributed by atoms with E-state index in [1.54, 1.807) is 0 Å². The number of amides is 1. The maximum absolute atomic E-state index is 11.0. The number of ether oxygens (including phenoxy) is 1. The van der Waals surface area contributed by atoms with E-state index < -0.39 is 11.9 Å². The van der Waals surface area contributed by atoms with Crippen molar-refractivity contribution in [3.05, 3.63) is 0 Å². The number of methoxy groups -OCH3 is 1. The molecule has 1 heterocycles. The topological polar surface area (TPSA) is 55.4 Å². The van der Waals surface area contributed by atoms with Crippen molar-refractivity contribution in [1.82, 2.24) is 5.32 Å². The lowest BCUT2D eigenvalue weighted by Crippen LogP contribution is -2.27. The van der Waals surface area contributed by atoms with Crippen molar-refractivity contribution < 1.29 is 14.3 Å². The van der Waals surface area contributed by atoms with Gasteiger partial charge in [0.05, 0.1) is 7.11 Å². The van der Waals surface area contributed by atoms with Crippen LogP contribution in [0, 0.1) is 11.8 Å². The molecule has 1 N–H and O–H groups in total. The lowest BCUT2D eigenvalue weighted by atomic mass is 9.98. The van der Waals surface area contributed by atoms with Crippen LogP contribution in [-0.4, -0.2) is 25.5 Å². The molecule has 0 bridgehead atoms. The van der Waals surface area contributed by atoms with E-state index in [9.17, 15) is 9.59 Å². The van der Waals surface area contributed by atoms with Gasteiger partial charge in [-0.1, -0.05) is 6.92 Å². The zero-order valence-electron chi connectivity index (χ0n) is 6.59. The molecule has 62 valence electrons. The minimum absolute atomic E-state index is 0.0509. The summed E-state index contributed by atoms with van der Waals surface area (Å²) in [6.07, 6.45) is 0. The van der Waals surface area contributed by atoms with Gasteiger partial charge in [0.25, 0.3) is 0 Å². The second-order valence-corrected chi connectivity index (χ2v) is 2.72. The Kier molecular flexibility index (Phi) is 2.12. The van der Waals surface area contributed by atoms with Crippen LogP contribution in [0.4, 0.5) is 0 Å². The van der Waals surface area contributed by atoms with E-state index in [1.807, 2.05) is 6.92 Å². The fraction of sp³-hybridized carbons (Fsp3) is 0.714. The van der Waals surface area contributed by atoms with Crippen LogP contribution in [0.2, 0.25) is 0 Å². The van der Waals surface area contributed by atoms with E-state index in [0.717, 1.165) is 0 Å². The first-order valence-electron chi connectivity index (χ1n) is 3.52. The molecule has 1 saturated heterocycles. The molecule has 2 atom stereocenters. The Morgan fingerprint density at radius 2 is 2.36 bits per heavy atom. The second kappa shape index (κ2) is 2.90. The van der Waals surface area contributed by atoms with E-state index in [2.05, 4.69) is 10.1 Å². The van der Waals surface area contributed by atoms with Crippen molar-refractivity contribution in [2.45, 2.75) is 6.92 Å². The number of nitrogens with one attached hydrogen (secondary N) is 1. The summed E-state index contributed by atoms with van der Waals surface area (Å²) in [7, 11) is 1.29. The average molecular weight is 157 g/mol. The molecule has 0 aromatic carbocycles. The summed E-state index contributed by atoms with van der Waals surface area (Å²) in [5, 5.41) is 2.59. The Labute approximate surface area is 64.9 Å². The molecule has 0 unspecified atom stereocenters. The highest BCUT2D eigenvalue weighted by Crippen LogP contribution is 2.17. The molecule has 0 spiro atoms. The van der Waals surface area contributed by atoms with Crippen molar-refractivity contribution >= 4 is 11.9 Å². The third-order valence-corrected chi connectivity index (χ3v) is 1.90. The first kappa shape index (κ1) is 8.04. The van der Waals surface area contributed by atoms with E-state index in [1.165, 1.54) is 7.11 Å². The fourth-order valence-corrected chi connectivity index (χ4v) is 1.21. The van der Waals surface area contributed by atoms with Gasteiger partial charge in [0.15, 0.2) is 0 Å². The van der Waals surface area contributed by atoms with Crippen molar-refractivity contribution in [2.75, 3.05) is 13.7 Å². The summed E-state index contributed by atoms with van der Waals surface area (Å²) in [6, 6.07) is 0. The van der Waals surface area contributed by atoms with Gasteiger partial charge in [0.2, 0.25) is 5.91 Å². The minimum atomic E-state index is -0.597. The highest BCUT2D eigenvalue weighted by molar-refractivity contribution is 5.99. The van der Waals surface area contributed by atoms with E-state index in [4.69, 9.17) is 0 Å². The van der Waals surface area contributed by atoms with Crippen molar-refractivity contribution in [2.24, 2.45) is 11.8 Å². The molecule has 1 amide bonds. The molecular weight excluding hydrogens is 146 g/mol. The summed E-state index contributed by atoms with van der Waals surface area (Å²) < 4.78 is 4.48. The fourth-order valence-electron chi connectivity index (χ4n) is 1.21. The van der Waals surface area contributed by atoms with Gasteiger partial charge in [-0.25, -0.2) is 0 Å². The molecule has 4 heteroatoms. The molecule has 0 saturated carbocycles. The zero-order valence-corrected chi connectivity index (χ0v) is 6.59. The maximum Gasteiger partial charge on any atom is 0.318 e. The standard InChI is InChI=1S/C7H11NO3/c1-4-3-8-6(9)5(4)7(10)11-2/h4-5H,3H2,1-2H3,(H,8,9)/t4-,5+/m0/s1. The molecule has 1 fully saturated rings. The van der Waals surface area contributed by atoms with Gasteiger partial charge in [-0.3, -0.25) is 9.59 Å². The Balaban J connectivity index is 2.68. The van der Waals surface area contributed by atoms with Crippen molar-refractivity contribution in [1.29, 1.82) is 0 Å². The summed E-state index contributed by atoms with van der Waals surface area (Å²) in [5.41, 5.74) is 0. The monoisotopic (exact) mass is 157 g/mol. The normalized spacial score (nSPS) is 29.8. The summed E-state index contributed by atoms with van der Waals surface area (Å²) in [5.74, 6) is -1.20. The van der Waals surface area contributed by atoms with Crippen LogP contribution in [-0.2, 0) is 14.3 Å². The van der Waals surface area contributed by atoms with E-state index in [-0.39, 0.29) is 11.8 Å². The number of hydrogen-bond donors (Lipinski definition) is 1. The van der Waals surface area contributed by atoms with Gasteiger partial charge in [0, 0.05) is 6.54 Å². The van der Waals surface area contributed by atoms with Crippen LogP contribution in [0.25, 0.3) is 0 Å². The lowest BCUT2D eigenvalue weighted by Gasteiger charge is -2.07. The van der Waals surface area contributed by atoms with Gasteiger partial charge < -0.3 is 10.1 Å². The third kappa shape index (κ3) is 1.34. The van der Waals surface area contributed by atoms with Crippen LogP contribution in [0.3, 0.4) is 0 Å². The molecule has 0 aromatic rings. The Morgan fingerprint density at radius 1 is 1.73 bits per heavy atom. The van der Waals surface area contributed by atoms with E-state index >= 15 is 0 Å². The molecule has 0 aliphatic carbocycles. The lowest BCUT2D eigenvalue weighted by molar-refractivity contribution is -0.149. The van der Waals surface area contributed by atoms with Crippen LogP contribution in [0.1, 0.15) is 6.92 Å². The van der Waals surface area contributed by atoms with Gasteiger partial charge in [-0.2, -0.15) is 0 Å². The molecule has 4 nitrogen and oxygen atoms in total. The average Bonchev–Trinajstić information content (AvgIpc) is 2.30. The smallest absolute Gasteiger partial charge is 0.318 e. The van der Waals surface area contributed by atoms with Crippen molar-refractivity contribution in [3.63, 3.8) is 0 Å². The molecule has 11 heavy (non-hydrogen) atoms.